The Balaban J connectivity index is 2.84. The van der Waals surface area contributed by atoms with Crippen LogP contribution in [-0.4, -0.2) is 31.7 Å². The van der Waals surface area contributed by atoms with Crippen LogP contribution in [0.3, 0.4) is 0 Å². The monoisotopic (exact) mass is 195 g/mol. The number of alkyl halides is 2. The molecule has 0 saturated heterocycles. The van der Waals surface area contributed by atoms with Crippen molar-refractivity contribution in [2.45, 2.75) is 18.1 Å². The van der Waals surface area contributed by atoms with E-state index in [9.17, 15) is 13.0 Å². The Morgan fingerprint density at radius 2 is 2.42 bits per heavy atom. The maximum absolute atomic E-state index is 11.9. The van der Waals surface area contributed by atoms with Crippen molar-refractivity contribution in [3.05, 3.63) is 6.33 Å². The van der Waals surface area contributed by atoms with Crippen LogP contribution in [0.4, 0.5) is 8.78 Å². The number of hydrogen-bond donors (Lipinski definition) is 0. The highest BCUT2D eigenvalue weighted by Gasteiger charge is 2.11. The fourth-order valence-electron chi connectivity index (χ4n) is 0.741. The van der Waals surface area contributed by atoms with Gasteiger partial charge in [0.2, 0.25) is 5.16 Å². The first-order valence-electron chi connectivity index (χ1n) is 3.10. The fourth-order valence-corrected chi connectivity index (χ4v) is 1.35. The number of nitrogens with zero attached hydrogens (tertiary/aromatic N) is 3. The van der Waals surface area contributed by atoms with E-state index in [0.717, 1.165) is 10.9 Å². The minimum Gasteiger partial charge on any atom is -0.301 e. The summed E-state index contributed by atoms with van der Waals surface area (Å²) in [6, 6.07) is 0. The van der Waals surface area contributed by atoms with E-state index >= 15 is 0 Å². The molecule has 0 N–H and O–H groups in total. The molecule has 0 bridgehead atoms. The molecule has 1 heterocycles. The van der Waals surface area contributed by atoms with E-state index in [-0.39, 0.29) is 5.16 Å². The van der Waals surface area contributed by atoms with Crippen LogP contribution in [0.25, 0.3) is 0 Å². The van der Waals surface area contributed by atoms with E-state index in [1.807, 2.05) is 0 Å². The molecule has 1 unspecified atom stereocenters. The van der Waals surface area contributed by atoms with Crippen molar-refractivity contribution < 1.29 is 13.0 Å². The molecule has 1 aromatic heterocycles. The van der Waals surface area contributed by atoms with Crippen molar-refractivity contribution in [3.8, 4) is 0 Å². The Bertz CT molecular complexity index is 288. The SMILES string of the molecule is CS(=O)c1nncn1CC(F)F. The van der Waals surface area contributed by atoms with Gasteiger partial charge in [0.25, 0.3) is 6.43 Å². The van der Waals surface area contributed by atoms with Gasteiger partial charge in [-0.2, -0.15) is 0 Å². The molecule has 0 aromatic carbocycles. The quantitative estimate of drug-likeness (QED) is 0.696. The van der Waals surface area contributed by atoms with Crippen molar-refractivity contribution in [2.75, 3.05) is 6.26 Å². The molecule has 12 heavy (non-hydrogen) atoms. The molecule has 0 spiro atoms. The van der Waals surface area contributed by atoms with Gasteiger partial charge in [0.1, 0.15) is 6.33 Å². The van der Waals surface area contributed by atoms with Crippen molar-refractivity contribution in [1.82, 2.24) is 14.8 Å². The van der Waals surface area contributed by atoms with Crippen LogP contribution in [0, 0.1) is 0 Å². The van der Waals surface area contributed by atoms with Crippen molar-refractivity contribution in [1.29, 1.82) is 0 Å². The first-order valence-corrected chi connectivity index (χ1v) is 4.66. The van der Waals surface area contributed by atoms with Gasteiger partial charge in [-0.25, -0.2) is 8.78 Å². The summed E-state index contributed by atoms with van der Waals surface area (Å²) in [6.07, 6.45) is 0.0258. The van der Waals surface area contributed by atoms with Gasteiger partial charge >= 0.3 is 0 Å². The van der Waals surface area contributed by atoms with Gasteiger partial charge in [-0.15, -0.1) is 10.2 Å². The molecule has 0 amide bonds. The molecule has 4 nitrogen and oxygen atoms in total. The highest BCUT2D eigenvalue weighted by Crippen LogP contribution is 2.04. The predicted octanol–water partition coefficient (Wildman–Crippen LogP) is 0.281. The number of aromatic nitrogens is 3. The third-order valence-corrected chi connectivity index (χ3v) is 2.00. The van der Waals surface area contributed by atoms with Crippen molar-refractivity contribution >= 4 is 10.8 Å². The summed E-state index contributed by atoms with van der Waals surface area (Å²) < 4.78 is 35.7. The summed E-state index contributed by atoms with van der Waals surface area (Å²) in [6.45, 7) is -0.512. The van der Waals surface area contributed by atoms with Gasteiger partial charge in [0, 0.05) is 6.26 Å². The van der Waals surface area contributed by atoms with E-state index in [1.165, 1.54) is 6.26 Å². The van der Waals surface area contributed by atoms with Gasteiger partial charge in [-0.1, -0.05) is 0 Å². The molecule has 68 valence electrons. The van der Waals surface area contributed by atoms with Crippen LogP contribution in [0.1, 0.15) is 0 Å². The average molecular weight is 195 g/mol. The third kappa shape index (κ3) is 2.07. The molecule has 1 atom stereocenters. The summed E-state index contributed by atoms with van der Waals surface area (Å²) >= 11 is 0. The Labute approximate surface area is 70.1 Å². The van der Waals surface area contributed by atoms with Crippen LogP contribution >= 0.6 is 0 Å². The van der Waals surface area contributed by atoms with Gasteiger partial charge in [0.15, 0.2) is 0 Å². The second-order valence-electron chi connectivity index (χ2n) is 2.11. The molecule has 0 aliphatic carbocycles. The lowest BCUT2D eigenvalue weighted by atomic mass is 10.7. The normalized spacial score (nSPS) is 13.7. The summed E-state index contributed by atoms with van der Waals surface area (Å²) in [4.78, 5) is 0. The summed E-state index contributed by atoms with van der Waals surface area (Å²) in [5, 5.41) is 6.91. The van der Waals surface area contributed by atoms with Crippen molar-refractivity contribution in [2.24, 2.45) is 0 Å². The molecule has 0 aliphatic heterocycles. The molecule has 1 rings (SSSR count). The minimum absolute atomic E-state index is 0.0790. The smallest absolute Gasteiger partial charge is 0.256 e. The zero-order valence-corrected chi connectivity index (χ0v) is 7.09. The lowest BCUT2D eigenvalue weighted by Gasteiger charge is -2.01. The van der Waals surface area contributed by atoms with E-state index in [2.05, 4.69) is 10.2 Å². The van der Waals surface area contributed by atoms with Crippen LogP contribution in [0.15, 0.2) is 11.5 Å². The highest BCUT2D eigenvalue weighted by atomic mass is 32.2. The molecular formula is C5H7F2N3OS. The fraction of sp³-hybridized carbons (Fsp3) is 0.600. The lowest BCUT2D eigenvalue weighted by Crippen LogP contribution is -2.09. The molecular weight excluding hydrogens is 188 g/mol. The number of rotatable bonds is 3. The number of hydrogen-bond acceptors (Lipinski definition) is 3. The van der Waals surface area contributed by atoms with Crippen LogP contribution in [0.5, 0.6) is 0 Å². The summed E-state index contributed by atoms with van der Waals surface area (Å²) in [5.74, 6) is 0. The highest BCUT2D eigenvalue weighted by molar-refractivity contribution is 7.84. The average Bonchev–Trinajstić information content (AvgIpc) is 2.33. The van der Waals surface area contributed by atoms with E-state index < -0.39 is 23.8 Å². The molecule has 0 aliphatic rings. The van der Waals surface area contributed by atoms with E-state index in [4.69, 9.17) is 0 Å². The Morgan fingerprint density at radius 3 is 2.92 bits per heavy atom. The predicted molar refractivity (Wildman–Crippen MR) is 38.4 cm³/mol. The largest absolute Gasteiger partial charge is 0.301 e. The van der Waals surface area contributed by atoms with Crippen LogP contribution in [-0.2, 0) is 17.3 Å². The summed E-state index contributed by atoms with van der Waals surface area (Å²) in [5.41, 5.74) is 0. The van der Waals surface area contributed by atoms with Crippen LogP contribution < -0.4 is 0 Å². The second-order valence-corrected chi connectivity index (χ2v) is 3.38. The van der Waals surface area contributed by atoms with Gasteiger partial charge < -0.3 is 4.57 Å². The lowest BCUT2D eigenvalue weighted by molar-refractivity contribution is 0.123. The maximum Gasteiger partial charge on any atom is 0.256 e. The molecule has 0 fully saturated rings. The maximum atomic E-state index is 11.9. The molecule has 0 saturated carbocycles. The van der Waals surface area contributed by atoms with Gasteiger partial charge in [-0.05, 0) is 0 Å². The Kier molecular flexibility index (Phi) is 2.85. The zero-order valence-electron chi connectivity index (χ0n) is 6.28. The van der Waals surface area contributed by atoms with E-state index in [0.29, 0.717) is 0 Å². The van der Waals surface area contributed by atoms with Gasteiger partial charge in [-0.3, -0.25) is 4.21 Å². The first kappa shape index (κ1) is 9.24. The zero-order chi connectivity index (χ0) is 9.14. The van der Waals surface area contributed by atoms with Gasteiger partial charge in [0.05, 0.1) is 17.3 Å². The molecule has 1 aromatic rings. The van der Waals surface area contributed by atoms with E-state index in [1.54, 1.807) is 0 Å². The van der Waals surface area contributed by atoms with Crippen LogP contribution in [0.2, 0.25) is 0 Å². The first-order chi connectivity index (χ1) is 5.61. The Morgan fingerprint density at radius 1 is 1.75 bits per heavy atom. The molecule has 0 radical (unpaired) electrons. The summed E-state index contributed by atoms with van der Waals surface area (Å²) in [7, 11) is -1.37. The Hall–Kier alpha value is -0.850. The number of halogens is 2. The third-order valence-electron chi connectivity index (χ3n) is 1.17. The second kappa shape index (κ2) is 3.70. The topological polar surface area (TPSA) is 47.8 Å². The van der Waals surface area contributed by atoms with Crippen molar-refractivity contribution in [3.63, 3.8) is 0 Å². The minimum atomic E-state index is -2.48. The standard InChI is InChI=1S/C5H7F2N3OS/c1-12(11)5-9-8-3-10(5)2-4(6)7/h3-4H,2H2,1H3. The molecule has 7 heteroatoms.